The number of nitrogens with zero attached hydrogens (tertiary/aromatic N) is 1. The Labute approximate surface area is 112 Å². The number of H-pyrrole nitrogens is 1. The molecule has 1 unspecified atom stereocenters. The Bertz CT molecular complexity index is 637. The molecule has 0 amide bonds. The molecule has 102 valence electrons. The lowest BCUT2D eigenvalue weighted by atomic mass is 9.98. The molecule has 0 bridgehead atoms. The molecule has 1 aliphatic rings. The molecule has 4 atom stereocenters. The minimum absolute atomic E-state index is 0.0712. The SMILES string of the molecule is C#C[C@]1(CO)O[C@@H](n2ccc(=O)[nH]c2=S)C(F)[C@H]1O. The molecule has 19 heavy (non-hydrogen) atoms. The first-order valence-corrected chi connectivity index (χ1v) is 5.76. The van der Waals surface area contributed by atoms with Crippen molar-refractivity contribution in [3.8, 4) is 12.3 Å². The summed E-state index contributed by atoms with van der Waals surface area (Å²) in [6, 6.07) is 1.13. The van der Waals surface area contributed by atoms with Crippen LogP contribution in [0.4, 0.5) is 4.39 Å². The summed E-state index contributed by atoms with van der Waals surface area (Å²) in [7, 11) is 0. The van der Waals surface area contributed by atoms with Gasteiger partial charge in [0.2, 0.25) is 0 Å². The Morgan fingerprint density at radius 1 is 1.74 bits per heavy atom. The highest BCUT2D eigenvalue weighted by Crippen LogP contribution is 2.38. The normalized spacial score (nSPS) is 34.1. The second-order valence-corrected chi connectivity index (χ2v) is 4.49. The minimum Gasteiger partial charge on any atom is -0.392 e. The zero-order chi connectivity index (χ0) is 14.2. The smallest absolute Gasteiger partial charge is 0.251 e. The van der Waals surface area contributed by atoms with E-state index in [2.05, 4.69) is 10.9 Å². The molecule has 0 aliphatic carbocycles. The minimum atomic E-state index is -1.89. The van der Waals surface area contributed by atoms with Crippen molar-refractivity contribution in [3.63, 3.8) is 0 Å². The molecule has 1 aromatic heterocycles. The van der Waals surface area contributed by atoms with Crippen LogP contribution in [0.5, 0.6) is 0 Å². The lowest BCUT2D eigenvalue weighted by molar-refractivity contribution is -0.0917. The molecule has 3 N–H and O–H groups in total. The van der Waals surface area contributed by atoms with E-state index in [0.717, 1.165) is 10.6 Å². The van der Waals surface area contributed by atoms with Gasteiger partial charge >= 0.3 is 0 Å². The summed E-state index contributed by atoms with van der Waals surface area (Å²) in [5, 5.41) is 19.0. The molecule has 0 aromatic carbocycles. The van der Waals surface area contributed by atoms with E-state index < -0.39 is 36.3 Å². The van der Waals surface area contributed by atoms with Gasteiger partial charge in [-0.3, -0.25) is 14.3 Å². The van der Waals surface area contributed by atoms with Gasteiger partial charge in [0.1, 0.15) is 6.10 Å². The molecule has 1 saturated heterocycles. The molecule has 1 aliphatic heterocycles. The molecule has 0 saturated carbocycles. The Morgan fingerprint density at radius 2 is 2.42 bits per heavy atom. The molecule has 1 fully saturated rings. The van der Waals surface area contributed by atoms with E-state index in [1.165, 1.54) is 6.20 Å². The summed E-state index contributed by atoms with van der Waals surface area (Å²) in [6.45, 7) is -0.738. The van der Waals surface area contributed by atoms with Crippen molar-refractivity contribution in [1.29, 1.82) is 0 Å². The highest BCUT2D eigenvalue weighted by Gasteiger charge is 2.55. The number of aromatic nitrogens is 2. The molecule has 1 aromatic rings. The van der Waals surface area contributed by atoms with E-state index in [-0.39, 0.29) is 4.77 Å². The Hall–Kier alpha value is -1.53. The molecule has 0 radical (unpaired) electrons. The zero-order valence-electron chi connectivity index (χ0n) is 9.62. The predicted octanol–water partition coefficient (Wildman–Crippen LogP) is -0.502. The maximum atomic E-state index is 14.1. The number of halogens is 1. The number of aliphatic hydroxyl groups excluding tert-OH is 2. The van der Waals surface area contributed by atoms with Crippen LogP contribution >= 0.6 is 12.2 Å². The molecule has 8 heteroatoms. The summed E-state index contributed by atoms with van der Waals surface area (Å²) < 4.78 is 20.4. The van der Waals surface area contributed by atoms with Crippen molar-refractivity contribution >= 4 is 12.2 Å². The quantitative estimate of drug-likeness (QED) is 0.504. The van der Waals surface area contributed by atoms with Crippen molar-refractivity contribution in [2.75, 3.05) is 6.61 Å². The van der Waals surface area contributed by atoms with E-state index in [4.69, 9.17) is 23.4 Å². The van der Waals surface area contributed by atoms with Crippen LogP contribution < -0.4 is 5.56 Å². The monoisotopic (exact) mass is 286 g/mol. The van der Waals surface area contributed by atoms with Crippen molar-refractivity contribution in [3.05, 3.63) is 27.4 Å². The number of hydrogen-bond acceptors (Lipinski definition) is 5. The third kappa shape index (κ3) is 2.11. The van der Waals surface area contributed by atoms with Crippen LogP contribution in [0.1, 0.15) is 6.23 Å². The third-order valence-corrected chi connectivity index (χ3v) is 3.30. The molecular formula is C11H11FN2O4S. The van der Waals surface area contributed by atoms with Gasteiger partial charge in [0, 0.05) is 12.3 Å². The van der Waals surface area contributed by atoms with Crippen LogP contribution in [-0.4, -0.2) is 44.2 Å². The zero-order valence-corrected chi connectivity index (χ0v) is 10.4. The second kappa shape index (κ2) is 4.86. The van der Waals surface area contributed by atoms with Gasteiger partial charge in [-0.1, -0.05) is 5.92 Å². The summed E-state index contributed by atoms with van der Waals surface area (Å²) in [4.78, 5) is 13.3. The van der Waals surface area contributed by atoms with Crippen molar-refractivity contribution in [2.45, 2.75) is 24.1 Å². The highest BCUT2D eigenvalue weighted by atomic mass is 32.1. The van der Waals surface area contributed by atoms with Gasteiger partial charge in [0.05, 0.1) is 6.61 Å². The third-order valence-electron chi connectivity index (χ3n) is 2.99. The topological polar surface area (TPSA) is 87.5 Å². The van der Waals surface area contributed by atoms with Crippen molar-refractivity contribution in [1.82, 2.24) is 9.55 Å². The van der Waals surface area contributed by atoms with Gasteiger partial charge in [-0.25, -0.2) is 4.39 Å². The van der Waals surface area contributed by atoms with Crippen LogP contribution in [0.15, 0.2) is 17.1 Å². The Kier molecular flexibility index (Phi) is 3.56. The average molecular weight is 286 g/mol. The fourth-order valence-corrected chi connectivity index (χ4v) is 2.16. The molecule has 0 spiro atoms. The van der Waals surface area contributed by atoms with Crippen molar-refractivity contribution < 1.29 is 19.3 Å². The number of alkyl halides is 1. The van der Waals surface area contributed by atoms with E-state index in [0.29, 0.717) is 0 Å². The maximum absolute atomic E-state index is 14.1. The average Bonchev–Trinajstić information content (AvgIpc) is 2.64. The van der Waals surface area contributed by atoms with E-state index in [1.807, 2.05) is 0 Å². The first kappa shape index (κ1) is 13.9. The number of nitrogens with one attached hydrogen (secondary N) is 1. The van der Waals surface area contributed by atoms with Gasteiger partial charge in [-0.2, -0.15) is 0 Å². The van der Waals surface area contributed by atoms with Gasteiger partial charge < -0.3 is 14.9 Å². The standard InChI is InChI=1S/C11H11FN2O4S/c1-2-11(5-15)8(17)7(12)9(18-11)14-4-3-6(16)13-10(14)19/h1,3-4,7-9,15,17H,5H2,(H,13,16,19)/t7?,8-,9-,11-/m1/s1. The van der Waals surface area contributed by atoms with E-state index in [9.17, 15) is 19.4 Å². The number of terminal acetylenes is 1. The number of ether oxygens (including phenoxy) is 1. The largest absolute Gasteiger partial charge is 0.392 e. The predicted molar refractivity (Wildman–Crippen MR) is 65.6 cm³/mol. The van der Waals surface area contributed by atoms with E-state index in [1.54, 1.807) is 0 Å². The molecular weight excluding hydrogens is 275 g/mol. The van der Waals surface area contributed by atoms with Crippen LogP contribution in [0.25, 0.3) is 0 Å². The maximum Gasteiger partial charge on any atom is 0.251 e. The number of aromatic amines is 1. The molecule has 2 heterocycles. The molecule has 2 rings (SSSR count). The lowest BCUT2D eigenvalue weighted by Gasteiger charge is -2.23. The van der Waals surface area contributed by atoms with Gasteiger partial charge in [0.15, 0.2) is 22.8 Å². The van der Waals surface area contributed by atoms with Crippen LogP contribution in [-0.2, 0) is 4.74 Å². The second-order valence-electron chi connectivity index (χ2n) is 4.11. The van der Waals surface area contributed by atoms with Gasteiger partial charge in [-0.15, -0.1) is 6.42 Å². The first-order chi connectivity index (χ1) is 8.95. The van der Waals surface area contributed by atoms with Crippen LogP contribution in [0.3, 0.4) is 0 Å². The fourth-order valence-electron chi connectivity index (χ4n) is 1.90. The number of aliphatic hydroxyl groups is 2. The van der Waals surface area contributed by atoms with Gasteiger partial charge in [-0.05, 0) is 12.2 Å². The Morgan fingerprint density at radius 3 is 2.89 bits per heavy atom. The summed E-state index contributed by atoms with van der Waals surface area (Å²) >= 11 is 4.88. The van der Waals surface area contributed by atoms with Crippen LogP contribution in [0, 0.1) is 17.1 Å². The Balaban J connectivity index is 2.46. The highest BCUT2D eigenvalue weighted by molar-refractivity contribution is 7.71. The van der Waals surface area contributed by atoms with Crippen LogP contribution in [0.2, 0.25) is 0 Å². The van der Waals surface area contributed by atoms with Gasteiger partial charge in [0.25, 0.3) is 5.56 Å². The summed E-state index contributed by atoms with van der Waals surface area (Å²) in [6.07, 6.45) is 1.51. The lowest BCUT2D eigenvalue weighted by Crippen LogP contribution is -2.44. The number of hydrogen-bond donors (Lipinski definition) is 3. The van der Waals surface area contributed by atoms with Crippen molar-refractivity contribution in [2.24, 2.45) is 0 Å². The summed E-state index contributed by atoms with van der Waals surface area (Å²) in [5.74, 6) is 2.06. The summed E-state index contributed by atoms with van der Waals surface area (Å²) in [5.41, 5.74) is -2.27. The fraction of sp³-hybridized carbons (Fsp3) is 0.455. The number of rotatable bonds is 2. The first-order valence-electron chi connectivity index (χ1n) is 5.35. The van der Waals surface area contributed by atoms with E-state index >= 15 is 0 Å². The molecule has 6 nitrogen and oxygen atoms in total.